The van der Waals surface area contributed by atoms with Crippen molar-refractivity contribution < 1.29 is 9.18 Å². The van der Waals surface area contributed by atoms with Crippen LogP contribution in [0.2, 0.25) is 5.02 Å². The van der Waals surface area contributed by atoms with Gasteiger partial charge in [0.15, 0.2) is 11.0 Å². The Morgan fingerprint density at radius 3 is 2.56 bits per heavy atom. The Bertz CT molecular complexity index is 931. The normalized spacial score (nSPS) is 12.1. The minimum Gasteiger partial charge on any atom is -0.369 e. The number of aromatic nitrogens is 3. The molecule has 0 radical (unpaired) electrons. The summed E-state index contributed by atoms with van der Waals surface area (Å²) in [7, 11) is 0. The van der Waals surface area contributed by atoms with E-state index in [9.17, 15) is 9.18 Å². The van der Waals surface area contributed by atoms with Crippen LogP contribution in [0, 0.1) is 5.82 Å². The number of nitrogens with zero attached hydrogens (tertiary/aromatic N) is 3. The van der Waals surface area contributed by atoms with E-state index in [1.807, 2.05) is 0 Å². The first-order valence-corrected chi connectivity index (χ1v) is 8.66. The first-order valence-electron chi connectivity index (χ1n) is 7.40. The highest BCUT2D eigenvalue weighted by Crippen LogP contribution is 2.33. The van der Waals surface area contributed by atoms with Crippen LogP contribution in [-0.4, -0.2) is 25.9 Å². The lowest BCUT2D eigenvalue weighted by Gasteiger charge is -2.13. The number of nitrogens with two attached hydrogens (primary N) is 1. The third kappa shape index (κ3) is 3.52. The number of rotatable bonds is 5. The van der Waals surface area contributed by atoms with Crippen LogP contribution < -0.4 is 5.73 Å². The Hall–Kier alpha value is -2.38. The quantitative estimate of drug-likeness (QED) is 0.689. The Morgan fingerprint density at radius 2 is 1.88 bits per heavy atom. The molecule has 2 aromatic carbocycles. The van der Waals surface area contributed by atoms with Crippen molar-refractivity contribution in [1.29, 1.82) is 0 Å². The van der Waals surface area contributed by atoms with Crippen LogP contribution in [0.5, 0.6) is 0 Å². The van der Waals surface area contributed by atoms with Crippen molar-refractivity contribution in [3.63, 3.8) is 0 Å². The molecule has 1 atom stereocenters. The molecule has 3 aromatic rings. The smallest absolute Gasteiger partial charge is 0.230 e. The lowest BCUT2D eigenvalue weighted by Crippen LogP contribution is -2.23. The van der Waals surface area contributed by atoms with Gasteiger partial charge in [-0.15, -0.1) is 10.2 Å². The van der Waals surface area contributed by atoms with Crippen LogP contribution in [0.1, 0.15) is 6.92 Å². The number of thioether (sulfide) groups is 1. The predicted octanol–water partition coefficient (Wildman–Crippen LogP) is 3.69. The van der Waals surface area contributed by atoms with Crippen LogP contribution >= 0.6 is 23.4 Å². The van der Waals surface area contributed by atoms with Gasteiger partial charge in [-0.2, -0.15) is 0 Å². The lowest BCUT2D eigenvalue weighted by atomic mass is 10.2. The highest BCUT2D eigenvalue weighted by atomic mass is 35.5. The standard InChI is InChI=1S/C17H14ClFN4OS/c1-10(15(20)24)25-17-22-21-16(11-6-2-3-7-12(11)18)23(17)14-9-5-4-8-13(14)19/h2-10H,1H3,(H2,20,24). The van der Waals surface area contributed by atoms with E-state index in [4.69, 9.17) is 17.3 Å². The molecule has 1 heterocycles. The maximum absolute atomic E-state index is 14.4. The van der Waals surface area contributed by atoms with Gasteiger partial charge in [0, 0.05) is 5.56 Å². The maximum Gasteiger partial charge on any atom is 0.230 e. The number of primary amides is 1. The fourth-order valence-electron chi connectivity index (χ4n) is 2.23. The molecule has 0 bridgehead atoms. The number of benzene rings is 2. The first-order chi connectivity index (χ1) is 12.0. The summed E-state index contributed by atoms with van der Waals surface area (Å²) in [6.07, 6.45) is 0. The summed E-state index contributed by atoms with van der Waals surface area (Å²) in [5.74, 6) is -0.550. The van der Waals surface area contributed by atoms with E-state index in [2.05, 4.69) is 10.2 Å². The van der Waals surface area contributed by atoms with E-state index < -0.39 is 17.0 Å². The van der Waals surface area contributed by atoms with Gasteiger partial charge in [-0.3, -0.25) is 9.36 Å². The Balaban J connectivity index is 2.20. The molecule has 0 saturated heterocycles. The van der Waals surface area contributed by atoms with Gasteiger partial charge in [-0.05, 0) is 31.2 Å². The third-order valence-corrected chi connectivity index (χ3v) is 4.91. The molecular formula is C17H14ClFN4OS. The van der Waals surface area contributed by atoms with E-state index in [1.54, 1.807) is 54.0 Å². The van der Waals surface area contributed by atoms with E-state index in [0.29, 0.717) is 21.6 Å². The van der Waals surface area contributed by atoms with Gasteiger partial charge in [0.2, 0.25) is 5.91 Å². The second-order valence-corrected chi connectivity index (χ2v) is 6.95. The second kappa shape index (κ2) is 7.25. The molecule has 5 nitrogen and oxygen atoms in total. The van der Waals surface area contributed by atoms with Gasteiger partial charge in [0.25, 0.3) is 0 Å². The van der Waals surface area contributed by atoms with Crippen molar-refractivity contribution >= 4 is 29.3 Å². The number of hydrogen-bond donors (Lipinski definition) is 1. The van der Waals surface area contributed by atoms with Gasteiger partial charge >= 0.3 is 0 Å². The van der Waals surface area contributed by atoms with Crippen LogP contribution in [0.4, 0.5) is 4.39 Å². The zero-order valence-electron chi connectivity index (χ0n) is 13.2. The molecule has 128 valence electrons. The molecule has 2 N–H and O–H groups in total. The second-order valence-electron chi connectivity index (χ2n) is 5.24. The Kier molecular flexibility index (Phi) is 5.06. The van der Waals surface area contributed by atoms with E-state index in [1.165, 1.54) is 6.07 Å². The fraction of sp³-hybridized carbons (Fsp3) is 0.118. The summed E-state index contributed by atoms with van der Waals surface area (Å²) in [5, 5.41) is 8.55. The van der Waals surface area contributed by atoms with Gasteiger partial charge in [-0.25, -0.2) is 4.39 Å². The van der Waals surface area contributed by atoms with Gasteiger partial charge in [0.1, 0.15) is 5.82 Å². The van der Waals surface area contributed by atoms with E-state index in [-0.39, 0.29) is 5.69 Å². The molecule has 0 aliphatic carbocycles. The molecule has 1 aromatic heterocycles. The topological polar surface area (TPSA) is 73.8 Å². The van der Waals surface area contributed by atoms with Crippen molar-refractivity contribution in [1.82, 2.24) is 14.8 Å². The van der Waals surface area contributed by atoms with Crippen LogP contribution in [0.3, 0.4) is 0 Å². The molecule has 0 spiro atoms. The zero-order valence-corrected chi connectivity index (χ0v) is 14.8. The SMILES string of the molecule is CC(Sc1nnc(-c2ccccc2Cl)n1-c1ccccc1F)C(N)=O. The Morgan fingerprint density at radius 1 is 1.20 bits per heavy atom. The number of carbonyl (C=O) groups excluding carboxylic acids is 1. The highest BCUT2D eigenvalue weighted by molar-refractivity contribution is 8.00. The zero-order chi connectivity index (χ0) is 18.0. The average Bonchev–Trinajstić information content (AvgIpc) is 2.99. The number of carbonyl (C=O) groups is 1. The highest BCUT2D eigenvalue weighted by Gasteiger charge is 2.22. The summed E-state index contributed by atoms with van der Waals surface area (Å²) < 4.78 is 16.0. The largest absolute Gasteiger partial charge is 0.369 e. The van der Waals surface area contributed by atoms with Gasteiger partial charge in [0.05, 0.1) is 16.0 Å². The number of hydrogen-bond acceptors (Lipinski definition) is 4. The summed E-state index contributed by atoms with van der Waals surface area (Å²) in [6, 6.07) is 13.3. The molecular weight excluding hydrogens is 363 g/mol. The lowest BCUT2D eigenvalue weighted by molar-refractivity contribution is -0.117. The summed E-state index contributed by atoms with van der Waals surface area (Å²) in [6.45, 7) is 1.66. The molecule has 8 heteroatoms. The van der Waals surface area contributed by atoms with Crippen molar-refractivity contribution in [3.05, 3.63) is 59.4 Å². The molecule has 0 aliphatic heterocycles. The van der Waals surface area contributed by atoms with Crippen LogP contribution in [-0.2, 0) is 4.79 Å². The summed E-state index contributed by atoms with van der Waals surface area (Å²) in [5.41, 5.74) is 6.21. The Labute approximate surface area is 153 Å². The molecule has 0 aliphatic rings. The molecule has 1 amide bonds. The minimum absolute atomic E-state index is 0.265. The monoisotopic (exact) mass is 376 g/mol. The van der Waals surface area contributed by atoms with Gasteiger partial charge < -0.3 is 5.73 Å². The number of para-hydroxylation sites is 1. The molecule has 3 rings (SSSR count). The molecule has 1 unspecified atom stereocenters. The van der Waals surface area contributed by atoms with Crippen molar-refractivity contribution in [2.24, 2.45) is 5.73 Å². The third-order valence-electron chi connectivity index (χ3n) is 3.52. The average molecular weight is 377 g/mol. The van der Waals surface area contributed by atoms with Crippen molar-refractivity contribution in [3.8, 4) is 17.1 Å². The van der Waals surface area contributed by atoms with Crippen molar-refractivity contribution in [2.75, 3.05) is 0 Å². The summed E-state index contributed by atoms with van der Waals surface area (Å²) >= 11 is 7.38. The number of halogens is 2. The molecule has 25 heavy (non-hydrogen) atoms. The summed E-state index contributed by atoms with van der Waals surface area (Å²) in [4.78, 5) is 11.4. The minimum atomic E-state index is -0.547. The van der Waals surface area contributed by atoms with Gasteiger partial charge in [-0.1, -0.05) is 47.6 Å². The van der Waals surface area contributed by atoms with E-state index >= 15 is 0 Å². The predicted molar refractivity (Wildman–Crippen MR) is 96.3 cm³/mol. The van der Waals surface area contributed by atoms with Crippen molar-refractivity contribution in [2.45, 2.75) is 17.3 Å². The first kappa shape index (κ1) is 17.4. The van der Waals surface area contributed by atoms with Crippen LogP contribution in [0.15, 0.2) is 53.7 Å². The fourth-order valence-corrected chi connectivity index (χ4v) is 3.26. The van der Waals surface area contributed by atoms with Crippen LogP contribution in [0.25, 0.3) is 17.1 Å². The molecule has 0 fully saturated rings. The number of amides is 1. The van der Waals surface area contributed by atoms with E-state index in [0.717, 1.165) is 11.8 Å². The maximum atomic E-state index is 14.4. The molecule has 0 saturated carbocycles.